The molecule has 1 aromatic heterocycles. The molecule has 0 aliphatic carbocycles. The number of pyridine rings is 1. The quantitative estimate of drug-likeness (QED) is 0.816. The second-order valence-electron chi connectivity index (χ2n) is 3.19. The number of hydrogen-bond acceptors (Lipinski definition) is 2. The predicted octanol–water partition coefficient (Wildman–Crippen LogP) is 3.37. The van der Waals surface area contributed by atoms with E-state index in [1.807, 2.05) is 0 Å². The van der Waals surface area contributed by atoms with Gasteiger partial charge in [0.05, 0.1) is 27.6 Å². The Morgan fingerprint density at radius 3 is 2.50 bits per heavy atom. The SMILES string of the molecule is Nc1ccc(-c2c(F)ccc(Br)c2F)nc1. The fourth-order valence-electron chi connectivity index (χ4n) is 1.32. The first-order valence-corrected chi connectivity index (χ1v) is 5.24. The van der Waals surface area contributed by atoms with Crippen molar-refractivity contribution >= 4 is 21.6 Å². The standard InChI is InChI=1S/C11H7BrF2N2/c12-7-2-3-8(13)10(11(7)14)9-4-1-6(15)5-16-9/h1-5H,15H2. The molecule has 2 nitrogen and oxygen atoms in total. The van der Waals surface area contributed by atoms with Crippen LogP contribution >= 0.6 is 15.9 Å². The van der Waals surface area contributed by atoms with E-state index in [1.54, 1.807) is 6.07 Å². The first kappa shape index (κ1) is 11.0. The van der Waals surface area contributed by atoms with Crippen molar-refractivity contribution in [1.29, 1.82) is 0 Å². The molecule has 2 rings (SSSR count). The number of hydrogen-bond donors (Lipinski definition) is 1. The Kier molecular flexibility index (Phi) is 2.87. The zero-order valence-electron chi connectivity index (χ0n) is 8.05. The van der Waals surface area contributed by atoms with Crippen LogP contribution in [0.5, 0.6) is 0 Å². The Morgan fingerprint density at radius 1 is 1.12 bits per heavy atom. The van der Waals surface area contributed by atoms with Crippen molar-refractivity contribution in [2.45, 2.75) is 0 Å². The first-order valence-electron chi connectivity index (χ1n) is 4.45. The Morgan fingerprint density at radius 2 is 1.88 bits per heavy atom. The number of nitrogens with zero attached hydrogens (tertiary/aromatic N) is 1. The summed E-state index contributed by atoms with van der Waals surface area (Å²) in [6, 6.07) is 5.51. The lowest BCUT2D eigenvalue weighted by Crippen LogP contribution is -1.94. The molecule has 0 saturated heterocycles. The van der Waals surface area contributed by atoms with Crippen molar-refractivity contribution in [3.05, 3.63) is 46.6 Å². The van der Waals surface area contributed by atoms with Crippen LogP contribution in [0.15, 0.2) is 34.9 Å². The zero-order valence-corrected chi connectivity index (χ0v) is 9.63. The summed E-state index contributed by atoms with van der Waals surface area (Å²) >= 11 is 3.00. The molecule has 0 radical (unpaired) electrons. The second kappa shape index (κ2) is 4.17. The molecule has 0 bridgehead atoms. The fourth-order valence-corrected chi connectivity index (χ4v) is 1.65. The van der Waals surface area contributed by atoms with E-state index in [9.17, 15) is 8.78 Å². The highest BCUT2D eigenvalue weighted by molar-refractivity contribution is 9.10. The van der Waals surface area contributed by atoms with Gasteiger partial charge in [-0.05, 0) is 40.2 Å². The largest absolute Gasteiger partial charge is 0.397 e. The number of nitrogen functional groups attached to an aromatic ring is 1. The maximum atomic E-state index is 13.7. The van der Waals surface area contributed by atoms with Gasteiger partial charge in [0.1, 0.15) is 11.6 Å². The highest BCUT2D eigenvalue weighted by atomic mass is 79.9. The van der Waals surface area contributed by atoms with Gasteiger partial charge in [0.2, 0.25) is 0 Å². The Balaban J connectivity index is 2.63. The number of anilines is 1. The average Bonchev–Trinajstić information content (AvgIpc) is 2.27. The number of benzene rings is 1. The third-order valence-electron chi connectivity index (χ3n) is 2.09. The summed E-state index contributed by atoms with van der Waals surface area (Å²) in [5.74, 6) is -1.32. The summed E-state index contributed by atoms with van der Waals surface area (Å²) in [7, 11) is 0. The molecule has 0 amide bonds. The van der Waals surface area contributed by atoms with Crippen LogP contribution in [0.25, 0.3) is 11.3 Å². The van der Waals surface area contributed by atoms with Gasteiger partial charge in [0.25, 0.3) is 0 Å². The van der Waals surface area contributed by atoms with Gasteiger partial charge in [-0.1, -0.05) is 0 Å². The van der Waals surface area contributed by atoms with Crippen molar-refractivity contribution in [1.82, 2.24) is 4.98 Å². The molecule has 16 heavy (non-hydrogen) atoms. The van der Waals surface area contributed by atoms with Crippen LogP contribution in [0.1, 0.15) is 0 Å². The first-order chi connectivity index (χ1) is 7.59. The average molecular weight is 285 g/mol. The van der Waals surface area contributed by atoms with Gasteiger partial charge in [-0.2, -0.15) is 0 Å². The molecule has 0 aliphatic rings. The van der Waals surface area contributed by atoms with Gasteiger partial charge in [0.15, 0.2) is 0 Å². The van der Waals surface area contributed by atoms with Crippen LogP contribution in [0.3, 0.4) is 0 Å². The second-order valence-corrected chi connectivity index (χ2v) is 4.05. The van der Waals surface area contributed by atoms with Crippen LogP contribution < -0.4 is 5.73 Å². The van der Waals surface area contributed by atoms with Crippen molar-refractivity contribution in [2.75, 3.05) is 5.73 Å². The Bertz CT molecular complexity index is 526. The molecule has 2 N–H and O–H groups in total. The van der Waals surface area contributed by atoms with E-state index in [-0.39, 0.29) is 15.7 Å². The van der Waals surface area contributed by atoms with Gasteiger partial charge in [0, 0.05) is 0 Å². The molecule has 2 aromatic rings. The molecule has 5 heteroatoms. The number of aromatic nitrogens is 1. The maximum Gasteiger partial charge on any atom is 0.149 e. The summed E-state index contributed by atoms with van der Waals surface area (Å²) in [5, 5.41) is 0. The normalized spacial score (nSPS) is 10.4. The van der Waals surface area contributed by atoms with Crippen molar-refractivity contribution in [3.63, 3.8) is 0 Å². The minimum absolute atomic E-state index is 0.158. The Labute approximate surface area is 99.2 Å². The van der Waals surface area contributed by atoms with Crippen LogP contribution in [-0.2, 0) is 0 Å². The summed E-state index contributed by atoms with van der Waals surface area (Å²) in [4.78, 5) is 3.89. The van der Waals surface area contributed by atoms with Crippen LogP contribution in [0.4, 0.5) is 14.5 Å². The predicted molar refractivity (Wildman–Crippen MR) is 61.7 cm³/mol. The molecule has 0 fully saturated rings. The maximum absolute atomic E-state index is 13.7. The molecule has 0 atom stereocenters. The molecular weight excluding hydrogens is 278 g/mol. The minimum atomic E-state index is -0.669. The van der Waals surface area contributed by atoms with Gasteiger partial charge < -0.3 is 5.73 Å². The van der Waals surface area contributed by atoms with E-state index in [0.717, 1.165) is 0 Å². The highest BCUT2D eigenvalue weighted by Gasteiger charge is 2.15. The molecule has 1 aromatic carbocycles. The zero-order chi connectivity index (χ0) is 11.7. The van der Waals surface area contributed by atoms with Crippen molar-refractivity contribution in [3.8, 4) is 11.3 Å². The lowest BCUT2D eigenvalue weighted by Gasteiger charge is -2.05. The topological polar surface area (TPSA) is 38.9 Å². The van der Waals surface area contributed by atoms with E-state index in [0.29, 0.717) is 5.69 Å². The van der Waals surface area contributed by atoms with E-state index >= 15 is 0 Å². The molecule has 1 heterocycles. The van der Waals surface area contributed by atoms with Crippen LogP contribution in [-0.4, -0.2) is 4.98 Å². The third-order valence-corrected chi connectivity index (χ3v) is 2.70. The van der Waals surface area contributed by atoms with Crippen LogP contribution in [0.2, 0.25) is 0 Å². The molecule has 0 spiro atoms. The molecule has 0 unspecified atom stereocenters. The van der Waals surface area contributed by atoms with Gasteiger partial charge in [-0.3, -0.25) is 4.98 Å². The lowest BCUT2D eigenvalue weighted by atomic mass is 10.1. The van der Waals surface area contributed by atoms with Crippen LogP contribution in [0, 0.1) is 11.6 Å². The number of rotatable bonds is 1. The lowest BCUT2D eigenvalue weighted by molar-refractivity contribution is 0.584. The van der Waals surface area contributed by atoms with Gasteiger partial charge in [-0.25, -0.2) is 8.78 Å². The number of halogens is 3. The van der Waals surface area contributed by atoms with E-state index in [2.05, 4.69) is 20.9 Å². The van der Waals surface area contributed by atoms with E-state index in [4.69, 9.17) is 5.73 Å². The summed E-state index contributed by atoms with van der Waals surface area (Å²) in [6.07, 6.45) is 1.36. The fraction of sp³-hybridized carbons (Fsp3) is 0. The van der Waals surface area contributed by atoms with Gasteiger partial charge >= 0.3 is 0 Å². The molecule has 82 valence electrons. The Hall–Kier alpha value is -1.49. The molecule has 0 saturated carbocycles. The van der Waals surface area contributed by atoms with Crippen molar-refractivity contribution < 1.29 is 8.78 Å². The number of nitrogens with two attached hydrogens (primary N) is 1. The highest BCUT2D eigenvalue weighted by Crippen LogP contribution is 2.29. The summed E-state index contributed by atoms with van der Waals surface area (Å²) in [5.41, 5.74) is 5.95. The molecular formula is C11H7BrF2N2. The molecule has 0 aliphatic heterocycles. The smallest absolute Gasteiger partial charge is 0.149 e. The minimum Gasteiger partial charge on any atom is -0.397 e. The van der Waals surface area contributed by atoms with E-state index in [1.165, 1.54) is 24.4 Å². The third kappa shape index (κ3) is 1.90. The van der Waals surface area contributed by atoms with Gasteiger partial charge in [-0.15, -0.1) is 0 Å². The summed E-state index contributed by atoms with van der Waals surface area (Å²) in [6.45, 7) is 0. The van der Waals surface area contributed by atoms with Crippen molar-refractivity contribution in [2.24, 2.45) is 0 Å². The monoisotopic (exact) mass is 284 g/mol. The summed E-state index contributed by atoms with van der Waals surface area (Å²) < 4.78 is 27.4. The van der Waals surface area contributed by atoms with E-state index < -0.39 is 11.6 Å².